The Hall–Kier alpha value is -1.48. The maximum absolute atomic E-state index is 6.33. The Morgan fingerprint density at radius 3 is 2.43 bits per heavy atom. The van der Waals surface area contributed by atoms with E-state index in [1.807, 2.05) is 24.3 Å². The number of nitrogen functional groups attached to an aromatic ring is 1. The molecule has 1 aliphatic rings. The van der Waals surface area contributed by atoms with Gasteiger partial charge in [0.15, 0.2) is 5.82 Å². The van der Waals surface area contributed by atoms with Gasteiger partial charge in [0.05, 0.1) is 5.56 Å². The Morgan fingerprint density at radius 1 is 1.05 bits per heavy atom. The van der Waals surface area contributed by atoms with E-state index in [2.05, 4.69) is 5.16 Å². The van der Waals surface area contributed by atoms with E-state index in [0.29, 0.717) is 16.8 Å². The number of anilines is 1. The number of hydrogen-bond acceptors (Lipinski definition) is 3. The number of benzene rings is 1. The summed E-state index contributed by atoms with van der Waals surface area (Å²) in [6.45, 7) is 0. The molecule has 3 rings (SSSR count). The largest absolute Gasteiger partial charge is 0.380 e. The molecule has 0 bridgehead atoms. The minimum atomic E-state index is 0.404. The molecule has 4 heteroatoms. The Balaban J connectivity index is 1.98. The monoisotopic (exact) mass is 304 g/mol. The predicted octanol–water partition coefficient (Wildman–Crippen LogP) is 5.41. The summed E-state index contributed by atoms with van der Waals surface area (Å²) in [6.07, 6.45) is 8.74. The molecule has 3 nitrogen and oxygen atoms in total. The van der Waals surface area contributed by atoms with Gasteiger partial charge in [0, 0.05) is 16.5 Å². The van der Waals surface area contributed by atoms with Crippen LogP contribution in [0, 0.1) is 0 Å². The van der Waals surface area contributed by atoms with Crippen LogP contribution in [0.3, 0.4) is 0 Å². The second-order valence-electron chi connectivity index (χ2n) is 5.83. The van der Waals surface area contributed by atoms with Crippen LogP contribution in [-0.4, -0.2) is 5.16 Å². The fourth-order valence-electron chi connectivity index (χ4n) is 3.25. The van der Waals surface area contributed by atoms with Gasteiger partial charge in [0.2, 0.25) is 0 Å². The van der Waals surface area contributed by atoms with Crippen LogP contribution < -0.4 is 5.73 Å². The fraction of sp³-hybridized carbons (Fsp3) is 0.471. The minimum absolute atomic E-state index is 0.404. The van der Waals surface area contributed by atoms with Gasteiger partial charge in [-0.3, -0.25) is 0 Å². The van der Waals surface area contributed by atoms with E-state index in [1.54, 1.807) is 0 Å². The Kier molecular flexibility index (Phi) is 4.49. The molecular weight excluding hydrogens is 284 g/mol. The van der Waals surface area contributed by atoms with E-state index in [-0.39, 0.29) is 0 Å². The first kappa shape index (κ1) is 14.5. The Labute approximate surface area is 130 Å². The number of nitrogens with two attached hydrogens (primary N) is 1. The van der Waals surface area contributed by atoms with E-state index in [0.717, 1.165) is 29.7 Å². The van der Waals surface area contributed by atoms with Crippen molar-refractivity contribution in [1.29, 1.82) is 0 Å². The normalized spacial score (nSPS) is 17.4. The smallest absolute Gasteiger partial charge is 0.175 e. The van der Waals surface area contributed by atoms with Gasteiger partial charge in [-0.2, -0.15) is 0 Å². The molecule has 0 saturated heterocycles. The van der Waals surface area contributed by atoms with Gasteiger partial charge in [0.25, 0.3) is 0 Å². The van der Waals surface area contributed by atoms with Crippen LogP contribution >= 0.6 is 11.6 Å². The van der Waals surface area contributed by atoms with Crippen molar-refractivity contribution < 1.29 is 4.52 Å². The number of aromatic nitrogens is 1. The van der Waals surface area contributed by atoms with Crippen molar-refractivity contribution in [1.82, 2.24) is 5.16 Å². The number of rotatable bonds is 2. The topological polar surface area (TPSA) is 52.0 Å². The van der Waals surface area contributed by atoms with E-state index in [1.165, 1.54) is 32.1 Å². The van der Waals surface area contributed by atoms with Gasteiger partial charge >= 0.3 is 0 Å². The standard InChI is InChI=1S/C17H21ClN2O/c18-14-11-7-6-10-13(14)15-16(21-20-17(15)19)12-8-4-2-1-3-5-9-12/h6-7,10-12H,1-5,8-9H2,(H2,19,20). The quantitative estimate of drug-likeness (QED) is 0.807. The zero-order valence-corrected chi connectivity index (χ0v) is 12.9. The lowest BCUT2D eigenvalue weighted by Crippen LogP contribution is -2.03. The zero-order valence-electron chi connectivity index (χ0n) is 12.1. The summed E-state index contributed by atoms with van der Waals surface area (Å²) in [6, 6.07) is 7.75. The van der Waals surface area contributed by atoms with Crippen molar-refractivity contribution in [2.45, 2.75) is 50.9 Å². The van der Waals surface area contributed by atoms with Gasteiger partial charge in [-0.1, -0.05) is 67.1 Å². The molecule has 0 amide bonds. The van der Waals surface area contributed by atoms with Crippen molar-refractivity contribution >= 4 is 17.4 Å². The molecular formula is C17H21ClN2O. The van der Waals surface area contributed by atoms with E-state index < -0.39 is 0 Å². The van der Waals surface area contributed by atoms with Crippen LogP contribution in [0.1, 0.15) is 56.6 Å². The molecule has 1 aromatic heterocycles. The molecule has 0 radical (unpaired) electrons. The van der Waals surface area contributed by atoms with E-state index >= 15 is 0 Å². The molecule has 1 saturated carbocycles. The number of nitrogens with zero attached hydrogens (tertiary/aromatic N) is 1. The Morgan fingerprint density at radius 2 is 1.71 bits per heavy atom. The van der Waals surface area contributed by atoms with Crippen molar-refractivity contribution in [3.63, 3.8) is 0 Å². The highest BCUT2D eigenvalue weighted by molar-refractivity contribution is 6.33. The van der Waals surface area contributed by atoms with E-state index in [4.69, 9.17) is 21.9 Å². The fourth-order valence-corrected chi connectivity index (χ4v) is 3.48. The third-order valence-electron chi connectivity index (χ3n) is 4.36. The maximum atomic E-state index is 6.33. The van der Waals surface area contributed by atoms with Crippen LogP contribution in [0.4, 0.5) is 5.82 Å². The van der Waals surface area contributed by atoms with Crippen LogP contribution in [0.2, 0.25) is 5.02 Å². The first-order chi connectivity index (χ1) is 10.3. The van der Waals surface area contributed by atoms with Crippen LogP contribution in [0.15, 0.2) is 28.8 Å². The van der Waals surface area contributed by atoms with Crippen molar-refractivity contribution in [3.8, 4) is 11.1 Å². The minimum Gasteiger partial charge on any atom is -0.380 e. The van der Waals surface area contributed by atoms with Crippen LogP contribution in [0.25, 0.3) is 11.1 Å². The first-order valence-corrected chi connectivity index (χ1v) is 8.15. The van der Waals surface area contributed by atoms with Gasteiger partial charge in [-0.25, -0.2) is 0 Å². The van der Waals surface area contributed by atoms with Gasteiger partial charge < -0.3 is 10.3 Å². The number of halogens is 1. The lowest BCUT2D eigenvalue weighted by molar-refractivity contribution is 0.332. The summed E-state index contributed by atoms with van der Waals surface area (Å²) >= 11 is 6.33. The zero-order chi connectivity index (χ0) is 14.7. The molecule has 1 fully saturated rings. The van der Waals surface area contributed by atoms with Crippen molar-refractivity contribution in [2.24, 2.45) is 0 Å². The number of hydrogen-bond donors (Lipinski definition) is 1. The maximum Gasteiger partial charge on any atom is 0.175 e. The average Bonchev–Trinajstić information content (AvgIpc) is 2.81. The second-order valence-corrected chi connectivity index (χ2v) is 6.24. The predicted molar refractivity (Wildman–Crippen MR) is 86.4 cm³/mol. The summed E-state index contributed by atoms with van der Waals surface area (Å²) in [7, 11) is 0. The summed E-state index contributed by atoms with van der Waals surface area (Å²) in [5.41, 5.74) is 7.88. The third-order valence-corrected chi connectivity index (χ3v) is 4.69. The summed E-state index contributed by atoms with van der Waals surface area (Å²) in [4.78, 5) is 0. The lowest BCUT2D eigenvalue weighted by atomic mass is 9.86. The van der Waals surface area contributed by atoms with Gasteiger partial charge in [-0.05, 0) is 18.9 Å². The Bertz CT molecular complexity index is 601. The van der Waals surface area contributed by atoms with Gasteiger partial charge in [-0.15, -0.1) is 0 Å². The molecule has 2 aromatic rings. The summed E-state index contributed by atoms with van der Waals surface area (Å²) in [5.74, 6) is 1.77. The lowest BCUT2D eigenvalue weighted by Gasteiger charge is -2.18. The van der Waals surface area contributed by atoms with Crippen LogP contribution in [-0.2, 0) is 0 Å². The average molecular weight is 305 g/mol. The molecule has 0 aliphatic heterocycles. The molecule has 1 heterocycles. The molecule has 2 N–H and O–H groups in total. The molecule has 1 aliphatic carbocycles. The highest BCUT2D eigenvalue weighted by Crippen LogP contribution is 2.41. The molecule has 0 unspecified atom stereocenters. The molecule has 0 spiro atoms. The highest BCUT2D eigenvalue weighted by atomic mass is 35.5. The molecule has 112 valence electrons. The molecule has 21 heavy (non-hydrogen) atoms. The SMILES string of the molecule is Nc1noc(C2CCCCCCC2)c1-c1ccccc1Cl. The second kappa shape index (κ2) is 6.52. The van der Waals surface area contributed by atoms with Crippen molar-refractivity contribution in [2.75, 3.05) is 5.73 Å². The van der Waals surface area contributed by atoms with Crippen molar-refractivity contribution in [3.05, 3.63) is 35.0 Å². The summed E-state index contributed by atoms with van der Waals surface area (Å²) in [5, 5.41) is 4.70. The third kappa shape index (κ3) is 3.08. The van der Waals surface area contributed by atoms with Crippen LogP contribution in [0.5, 0.6) is 0 Å². The summed E-state index contributed by atoms with van der Waals surface area (Å²) < 4.78 is 5.61. The van der Waals surface area contributed by atoms with E-state index in [9.17, 15) is 0 Å². The highest BCUT2D eigenvalue weighted by Gasteiger charge is 2.25. The molecule has 1 aromatic carbocycles. The first-order valence-electron chi connectivity index (χ1n) is 7.77. The van der Waals surface area contributed by atoms with Gasteiger partial charge in [0.1, 0.15) is 5.76 Å². The molecule has 0 atom stereocenters.